The largest absolute Gasteiger partial charge is 0.465 e. The monoisotopic (exact) mass is 257 g/mol. The first-order valence-corrected chi connectivity index (χ1v) is 6.41. The number of ether oxygens (including phenoxy) is 1. The number of rotatable bonds is 2. The lowest BCUT2D eigenvalue weighted by Gasteiger charge is -2.03. The first kappa shape index (κ1) is 11.0. The second-order valence-corrected chi connectivity index (χ2v) is 4.85. The van der Waals surface area contributed by atoms with Crippen molar-refractivity contribution in [3.8, 4) is 11.1 Å². The molecule has 0 bridgehead atoms. The maximum absolute atomic E-state index is 11.7. The zero-order chi connectivity index (χ0) is 12.5. The molecule has 1 aromatic carbocycles. The molecular formula is C14H11NO2S. The van der Waals surface area contributed by atoms with Crippen LogP contribution >= 0.6 is 11.3 Å². The predicted molar refractivity (Wildman–Crippen MR) is 73.0 cm³/mol. The van der Waals surface area contributed by atoms with Gasteiger partial charge in [0.15, 0.2) is 0 Å². The van der Waals surface area contributed by atoms with Crippen LogP contribution in [0, 0.1) is 0 Å². The fourth-order valence-electron chi connectivity index (χ4n) is 2.00. The molecule has 18 heavy (non-hydrogen) atoms. The van der Waals surface area contributed by atoms with Gasteiger partial charge in [-0.3, -0.25) is 0 Å². The minimum absolute atomic E-state index is 0.286. The molecule has 0 aliphatic heterocycles. The summed E-state index contributed by atoms with van der Waals surface area (Å²) in [5, 5.41) is 3.06. The minimum Gasteiger partial charge on any atom is -0.465 e. The summed E-state index contributed by atoms with van der Waals surface area (Å²) in [6, 6.07) is 10.1. The Morgan fingerprint density at radius 2 is 2.17 bits per heavy atom. The lowest BCUT2D eigenvalue weighted by molar-refractivity contribution is 0.0607. The van der Waals surface area contributed by atoms with Gasteiger partial charge in [-0.05, 0) is 34.5 Å². The molecule has 2 heterocycles. The summed E-state index contributed by atoms with van der Waals surface area (Å²) in [5.41, 5.74) is 3.00. The number of esters is 1. The van der Waals surface area contributed by atoms with Gasteiger partial charge >= 0.3 is 5.97 Å². The highest BCUT2D eigenvalue weighted by Crippen LogP contribution is 2.30. The maximum Gasteiger partial charge on any atom is 0.348 e. The van der Waals surface area contributed by atoms with Gasteiger partial charge in [0.2, 0.25) is 0 Å². The number of fused-ring (bicyclic) bond motifs is 1. The van der Waals surface area contributed by atoms with E-state index in [1.807, 2.05) is 41.9 Å². The molecule has 4 heteroatoms. The molecule has 0 amide bonds. The third-order valence-electron chi connectivity index (χ3n) is 2.90. The fourth-order valence-corrected chi connectivity index (χ4v) is 2.84. The summed E-state index contributed by atoms with van der Waals surface area (Å²) in [6.45, 7) is 0. The Kier molecular flexibility index (Phi) is 2.64. The van der Waals surface area contributed by atoms with Crippen LogP contribution < -0.4 is 0 Å². The molecule has 0 unspecified atom stereocenters. The number of aromatic nitrogens is 1. The van der Waals surface area contributed by atoms with E-state index in [1.165, 1.54) is 18.4 Å². The molecule has 0 saturated heterocycles. The highest BCUT2D eigenvalue weighted by atomic mass is 32.1. The molecule has 0 aliphatic carbocycles. The molecule has 2 aromatic heterocycles. The fraction of sp³-hybridized carbons (Fsp3) is 0.0714. The number of carbonyl (C=O) groups excluding carboxylic acids is 1. The normalized spacial score (nSPS) is 10.7. The molecule has 0 saturated carbocycles. The van der Waals surface area contributed by atoms with Crippen molar-refractivity contribution < 1.29 is 9.53 Å². The van der Waals surface area contributed by atoms with Crippen LogP contribution in [0.15, 0.2) is 41.9 Å². The van der Waals surface area contributed by atoms with E-state index < -0.39 is 0 Å². The first-order chi connectivity index (χ1) is 8.79. The minimum atomic E-state index is -0.286. The summed E-state index contributed by atoms with van der Waals surface area (Å²) in [6.07, 6.45) is 1.91. The molecule has 0 fully saturated rings. The third-order valence-corrected chi connectivity index (χ3v) is 3.80. The SMILES string of the molecule is COC(=O)c1sccc1-c1ccc2cc[nH]c2c1. The number of hydrogen-bond donors (Lipinski definition) is 1. The first-order valence-electron chi connectivity index (χ1n) is 5.53. The summed E-state index contributed by atoms with van der Waals surface area (Å²) in [5.74, 6) is -0.286. The molecule has 0 aliphatic rings. The second kappa shape index (κ2) is 4.31. The van der Waals surface area contributed by atoms with E-state index in [0.29, 0.717) is 4.88 Å². The quantitative estimate of drug-likeness (QED) is 0.711. The number of aromatic amines is 1. The summed E-state index contributed by atoms with van der Waals surface area (Å²) >= 11 is 1.40. The van der Waals surface area contributed by atoms with E-state index >= 15 is 0 Å². The van der Waals surface area contributed by atoms with Gasteiger partial charge in [0, 0.05) is 17.3 Å². The highest BCUT2D eigenvalue weighted by molar-refractivity contribution is 7.12. The lowest BCUT2D eigenvalue weighted by atomic mass is 10.1. The number of carbonyl (C=O) groups is 1. The van der Waals surface area contributed by atoms with E-state index in [2.05, 4.69) is 4.98 Å². The van der Waals surface area contributed by atoms with Crippen LogP contribution in [0.5, 0.6) is 0 Å². The van der Waals surface area contributed by atoms with Gasteiger partial charge in [-0.1, -0.05) is 12.1 Å². The molecule has 1 N–H and O–H groups in total. The lowest BCUT2D eigenvalue weighted by Crippen LogP contribution is -1.99. The van der Waals surface area contributed by atoms with Crippen molar-refractivity contribution in [3.63, 3.8) is 0 Å². The Hall–Kier alpha value is -2.07. The van der Waals surface area contributed by atoms with Gasteiger partial charge in [-0.2, -0.15) is 0 Å². The number of nitrogens with one attached hydrogen (secondary N) is 1. The smallest absolute Gasteiger partial charge is 0.348 e. The summed E-state index contributed by atoms with van der Waals surface area (Å²) in [7, 11) is 1.40. The van der Waals surface area contributed by atoms with E-state index in [9.17, 15) is 4.79 Å². The molecule has 0 spiro atoms. The van der Waals surface area contributed by atoms with Crippen LogP contribution in [0.3, 0.4) is 0 Å². The van der Waals surface area contributed by atoms with Crippen molar-refractivity contribution in [2.75, 3.05) is 7.11 Å². The zero-order valence-corrected chi connectivity index (χ0v) is 10.6. The van der Waals surface area contributed by atoms with Gasteiger partial charge in [0.05, 0.1) is 7.11 Å². The maximum atomic E-state index is 11.7. The van der Waals surface area contributed by atoms with E-state index in [0.717, 1.165) is 22.0 Å². The van der Waals surface area contributed by atoms with Gasteiger partial charge in [0.1, 0.15) is 4.88 Å². The van der Waals surface area contributed by atoms with Crippen molar-refractivity contribution in [2.24, 2.45) is 0 Å². The number of methoxy groups -OCH3 is 1. The number of H-pyrrole nitrogens is 1. The Labute approximate surface area is 108 Å². The van der Waals surface area contributed by atoms with E-state index in [4.69, 9.17) is 4.74 Å². The zero-order valence-electron chi connectivity index (χ0n) is 9.77. The average Bonchev–Trinajstić information content (AvgIpc) is 3.05. The Morgan fingerprint density at radius 1 is 1.28 bits per heavy atom. The standard InChI is InChI=1S/C14H11NO2S/c1-17-14(16)13-11(5-7-18-13)10-3-2-9-4-6-15-12(9)8-10/h2-8,15H,1H3. The van der Waals surface area contributed by atoms with Gasteiger partial charge in [0.25, 0.3) is 0 Å². The topological polar surface area (TPSA) is 42.1 Å². The Bertz CT molecular complexity index is 711. The number of benzene rings is 1. The van der Waals surface area contributed by atoms with Crippen molar-refractivity contribution in [3.05, 3.63) is 46.8 Å². The van der Waals surface area contributed by atoms with Gasteiger partial charge < -0.3 is 9.72 Å². The van der Waals surface area contributed by atoms with Crippen LogP contribution in [-0.4, -0.2) is 18.1 Å². The highest BCUT2D eigenvalue weighted by Gasteiger charge is 2.15. The molecule has 90 valence electrons. The van der Waals surface area contributed by atoms with Crippen LogP contribution in [0.4, 0.5) is 0 Å². The Balaban J connectivity index is 2.14. The predicted octanol–water partition coefficient (Wildman–Crippen LogP) is 3.68. The molecule has 3 nitrogen and oxygen atoms in total. The number of thiophene rings is 1. The summed E-state index contributed by atoms with van der Waals surface area (Å²) in [4.78, 5) is 15.5. The molecule has 0 atom stereocenters. The molecule has 3 rings (SSSR count). The number of hydrogen-bond acceptors (Lipinski definition) is 3. The van der Waals surface area contributed by atoms with Crippen LogP contribution in [0.1, 0.15) is 9.67 Å². The van der Waals surface area contributed by atoms with Crippen LogP contribution in [-0.2, 0) is 4.74 Å². The van der Waals surface area contributed by atoms with Crippen molar-refractivity contribution in [1.82, 2.24) is 4.98 Å². The van der Waals surface area contributed by atoms with E-state index in [-0.39, 0.29) is 5.97 Å². The van der Waals surface area contributed by atoms with Crippen molar-refractivity contribution >= 4 is 28.2 Å². The van der Waals surface area contributed by atoms with Crippen LogP contribution in [0.25, 0.3) is 22.0 Å². The third kappa shape index (κ3) is 1.71. The molecular weight excluding hydrogens is 246 g/mol. The second-order valence-electron chi connectivity index (χ2n) is 3.93. The average molecular weight is 257 g/mol. The van der Waals surface area contributed by atoms with Gasteiger partial charge in [-0.25, -0.2) is 4.79 Å². The van der Waals surface area contributed by atoms with E-state index in [1.54, 1.807) is 0 Å². The molecule has 3 aromatic rings. The Morgan fingerprint density at radius 3 is 3.00 bits per heavy atom. The van der Waals surface area contributed by atoms with Crippen LogP contribution in [0.2, 0.25) is 0 Å². The van der Waals surface area contributed by atoms with Crippen molar-refractivity contribution in [2.45, 2.75) is 0 Å². The summed E-state index contributed by atoms with van der Waals surface area (Å²) < 4.78 is 4.79. The van der Waals surface area contributed by atoms with Crippen molar-refractivity contribution in [1.29, 1.82) is 0 Å². The van der Waals surface area contributed by atoms with Gasteiger partial charge in [-0.15, -0.1) is 11.3 Å². The molecule has 0 radical (unpaired) electrons.